The number of H-pyrrole nitrogens is 1. The Morgan fingerprint density at radius 2 is 2.00 bits per heavy atom. The molecule has 128 valence electrons. The van der Waals surface area contributed by atoms with Crippen LogP contribution in [-0.2, 0) is 0 Å². The van der Waals surface area contributed by atoms with Crippen LogP contribution in [0.5, 0.6) is 0 Å². The average Bonchev–Trinajstić information content (AvgIpc) is 3.05. The number of nitrogens with zero attached hydrogens (tertiary/aromatic N) is 1. The Bertz CT molecular complexity index is 905. The van der Waals surface area contributed by atoms with Gasteiger partial charge in [0.05, 0.1) is 16.5 Å². The van der Waals surface area contributed by atoms with Crippen LogP contribution in [-0.4, -0.2) is 27.5 Å². The second-order valence-corrected chi connectivity index (χ2v) is 5.64. The Labute approximate surface area is 143 Å². The topological polar surface area (TPSA) is 108 Å². The Kier molecular flexibility index (Phi) is 4.76. The van der Waals surface area contributed by atoms with Gasteiger partial charge in [-0.05, 0) is 18.1 Å². The molecule has 7 nitrogen and oxygen atoms in total. The molecule has 1 aromatic heterocycles. The van der Waals surface area contributed by atoms with Crippen LogP contribution in [0.4, 0.5) is 5.69 Å². The second kappa shape index (κ2) is 7.14. The Morgan fingerprint density at radius 1 is 1.24 bits per heavy atom. The number of aliphatic hydroxyl groups excluding tert-OH is 1. The van der Waals surface area contributed by atoms with Crippen molar-refractivity contribution in [1.29, 1.82) is 0 Å². The number of non-ortho nitro benzene ring substituents is 1. The fraction of sp³-hybridized carbons (Fsp3) is 0.167. The van der Waals surface area contributed by atoms with E-state index in [2.05, 4.69) is 10.3 Å². The molecule has 0 spiro atoms. The Balaban J connectivity index is 1.90. The summed E-state index contributed by atoms with van der Waals surface area (Å²) in [5.74, 6) is -0.353. The van der Waals surface area contributed by atoms with Gasteiger partial charge in [-0.3, -0.25) is 14.9 Å². The highest BCUT2D eigenvalue weighted by molar-refractivity contribution is 6.07. The van der Waals surface area contributed by atoms with E-state index in [1.165, 1.54) is 18.3 Å². The van der Waals surface area contributed by atoms with Gasteiger partial charge in [0, 0.05) is 35.8 Å². The summed E-state index contributed by atoms with van der Waals surface area (Å²) in [5.41, 5.74) is 1.79. The Hall–Kier alpha value is -3.19. The third-order valence-corrected chi connectivity index (χ3v) is 4.05. The smallest absolute Gasteiger partial charge is 0.270 e. The lowest BCUT2D eigenvalue weighted by atomic mass is 10.0. The summed E-state index contributed by atoms with van der Waals surface area (Å²) in [7, 11) is 0. The predicted octanol–water partition coefficient (Wildman–Crippen LogP) is 2.93. The van der Waals surface area contributed by atoms with Gasteiger partial charge in [-0.2, -0.15) is 0 Å². The molecule has 0 aliphatic carbocycles. The molecule has 1 amide bonds. The number of benzene rings is 2. The summed E-state index contributed by atoms with van der Waals surface area (Å²) in [5, 5.41) is 23.6. The van der Waals surface area contributed by atoms with Crippen molar-refractivity contribution in [2.75, 3.05) is 6.61 Å². The largest absolute Gasteiger partial charge is 0.396 e. The fourth-order valence-corrected chi connectivity index (χ4v) is 2.78. The van der Waals surface area contributed by atoms with E-state index in [0.29, 0.717) is 22.9 Å². The molecule has 7 heteroatoms. The van der Waals surface area contributed by atoms with Gasteiger partial charge in [-0.15, -0.1) is 0 Å². The van der Waals surface area contributed by atoms with E-state index in [-0.39, 0.29) is 24.2 Å². The van der Waals surface area contributed by atoms with Crippen LogP contribution < -0.4 is 5.32 Å². The number of nitrogens with one attached hydrogen (secondary N) is 2. The Morgan fingerprint density at radius 3 is 2.68 bits per heavy atom. The van der Waals surface area contributed by atoms with Crippen molar-refractivity contribution in [2.24, 2.45) is 0 Å². The maximum absolute atomic E-state index is 12.7. The third-order valence-electron chi connectivity index (χ3n) is 4.05. The van der Waals surface area contributed by atoms with Gasteiger partial charge >= 0.3 is 0 Å². The lowest BCUT2D eigenvalue weighted by Crippen LogP contribution is -2.29. The van der Waals surface area contributed by atoms with Crippen LogP contribution in [0, 0.1) is 10.1 Å². The van der Waals surface area contributed by atoms with Crippen molar-refractivity contribution in [3.8, 4) is 0 Å². The zero-order valence-electron chi connectivity index (χ0n) is 13.3. The van der Waals surface area contributed by atoms with E-state index >= 15 is 0 Å². The number of hydrogen-bond acceptors (Lipinski definition) is 4. The second-order valence-electron chi connectivity index (χ2n) is 5.64. The normalized spacial score (nSPS) is 12.0. The summed E-state index contributed by atoms with van der Waals surface area (Å²) >= 11 is 0. The minimum absolute atomic E-state index is 0.0702. The number of carbonyl (C=O) groups is 1. The quantitative estimate of drug-likeness (QED) is 0.474. The molecule has 0 bridgehead atoms. The first-order chi connectivity index (χ1) is 12.1. The molecule has 0 fully saturated rings. The molecule has 2 aromatic carbocycles. The summed E-state index contributed by atoms with van der Waals surface area (Å²) in [6.07, 6.45) is 1.91. The van der Waals surface area contributed by atoms with Crippen molar-refractivity contribution in [3.63, 3.8) is 0 Å². The predicted molar refractivity (Wildman–Crippen MR) is 93.3 cm³/mol. The lowest BCUT2D eigenvalue weighted by molar-refractivity contribution is -0.384. The first-order valence-electron chi connectivity index (χ1n) is 7.82. The first kappa shape index (κ1) is 16.7. The monoisotopic (exact) mass is 339 g/mol. The average molecular weight is 339 g/mol. The first-order valence-corrected chi connectivity index (χ1v) is 7.82. The molecule has 3 rings (SSSR count). The molecule has 0 aliphatic rings. The number of aromatic nitrogens is 1. The number of nitro groups is 1. The molecule has 0 saturated carbocycles. The maximum atomic E-state index is 12.7. The van der Waals surface area contributed by atoms with Crippen LogP contribution in [0.25, 0.3) is 10.9 Å². The summed E-state index contributed by atoms with van der Waals surface area (Å²) < 4.78 is 0. The molecule has 25 heavy (non-hydrogen) atoms. The van der Waals surface area contributed by atoms with Gasteiger partial charge in [0.25, 0.3) is 11.6 Å². The van der Waals surface area contributed by atoms with Crippen molar-refractivity contribution in [1.82, 2.24) is 10.3 Å². The van der Waals surface area contributed by atoms with Gasteiger partial charge in [-0.1, -0.05) is 30.3 Å². The molecule has 1 unspecified atom stereocenters. The van der Waals surface area contributed by atoms with E-state index in [1.54, 1.807) is 6.07 Å². The number of rotatable bonds is 6. The molecule has 3 N–H and O–H groups in total. The number of nitro benzene ring substituents is 1. The van der Waals surface area contributed by atoms with Crippen LogP contribution >= 0.6 is 0 Å². The maximum Gasteiger partial charge on any atom is 0.270 e. The minimum atomic E-state index is -0.493. The van der Waals surface area contributed by atoms with E-state index in [4.69, 9.17) is 0 Å². The third kappa shape index (κ3) is 3.51. The van der Waals surface area contributed by atoms with Gasteiger partial charge in [0.1, 0.15) is 0 Å². The highest BCUT2D eigenvalue weighted by Crippen LogP contribution is 2.25. The van der Waals surface area contributed by atoms with Gasteiger partial charge in [-0.25, -0.2) is 0 Å². The van der Waals surface area contributed by atoms with Gasteiger partial charge in [0.15, 0.2) is 0 Å². The molecule has 0 saturated heterocycles. The number of hydrogen-bond donors (Lipinski definition) is 3. The number of amides is 1. The molecule has 1 heterocycles. The van der Waals surface area contributed by atoms with Crippen LogP contribution in [0.15, 0.2) is 54.7 Å². The summed E-state index contributed by atoms with van der Waals surface area (Å²) in [4.78, 5) is 26.1. The molecular weight excluding hydrogens is 322 g/mol. The van der Waals surface area contributed by atoms with Crippen molar-refractivity contribution in [2.45, 2.75) is 12.5 Å². The number of fused-ring (bicyclic) bond motifs is 1. The molecule has 3 aromatic rings. The fourth-order valence-electron chi connectivity index (χ4n) is 2.78. The zero-order chi connectivity index (χ0) is 17.8. The van der Waals surface area contributed by atoms with E-state index in [9.17, 15) is 20.0 Å². The number of carbonyl (C=O) groups excluding carboxylic acids is 1. The van der Waals surface area contributed by atoms with Crippen LogP contribution in [0.2, 0.25) is 0 Å². The summed E-state index contributed by atoms with van der Waals surface area (Å²) in [6, 6.07) is 13.3. The highest BCUT2D eigenvalue weighted by Gasteiger charge is 2.19. The van der Waals surface area contributed by atoms with Gasteiger partial charge < -0.3 is 15.4 Å². The van der Waals surface area contributed by atoms with Crippen LogP contribution in [0.3, 0.4) is 0 Å². The molecule has 0 aliphatic heterocycles. The minimum Gasteiger partial charge on any atom is -0.396 e. The van der Waals surface area contributed by atoms with Crippen LogP contribution in [0.1, 0.15) is 28.4 Å². The van der Waals surface area contributed by atoms with E-state index in [1.807, 2.05) is 30.3 Å². The summed E-state index contributed by atoms with van der Waals surface area (Å²) in [6.45, 7) is -0.0702. The lowest BCUT2D eigenvalue weighted by Gasteiger charge is -2.18. The number of aliphatic hydroxyl groups is 1. The highest BCUT2D eigenvalue weighted by atomic mass is 16.6. The van der Waals surface area contributed by atoms with Crippen molar-refractivity contribution < 1.29 is 14.8 Å². The SMILES string of the molecule is O=C(NC(CCO)c1ccccc1)c1c[nH]c2ccc([N+](=O)[O-])cc12. The number of aromatic amines is 1. The van der Waals surface area contributed by atoms with E-state index < -0.39 is 4.92 Å². The molecule has 0 radical (unpaired) electrons. The van der Waals surface area contributed by atoms with Crippen molar-refractivity contribution >= 4 is 22.5 Å². The molecular formula is C18H17N3O4. The molecule has 1 atom stereocenters. The van der Waals surface area contributed by atoms with E-state index in [0.717, 1.165) is 5.56 Å². The van der Waals surface area contributed by atoms with Crippen molar-refractivity contribution in [3.05, 3.63) is 76.0 Å². The van der Waals surface area contributed by atoms with Gasteiger partial charge in [0.2, 0.25) is 0 Å². The standard InChI is InChI=1S/C18H17N3O4/c22-9-8-16(12-4-2-1-3-5-12)20-18(23)15-11-19-17-7-6-13(21(24)25)10-14(15)17/h1-7,10-11,16,19,22H,8-9H2,(H,20,23). The zero-order valence-corrected chi connectivity index (χ0v) is 13.3.